The Kier molecular flexibility index (Phi) is 5.42. The molecule has 7 nitrogen and oxygen atoms in total. The van der Waals surface area contributed by atoms with Crippen molar-refractivity contribution >= 4 is 40.0 Å². The Bertz CT molecular complexity index is 831. The van der Waals surface area contributed by atoms with Gasteiger partial charge >= 0.3 is 0 Å². The molecule has 2 aromatic rings. The first-order valence-corrected chi connectivity index (χ1v) is 10.6. The molecule has 0 aliphatic carbocycles. The van der Waals surface area contributed by atoms with E-state index in [0.717, 1.165) is 28.9 Å². The summed E-state index contributed by atoms with van der Waals surface area (Å²) in [5.41, 5.74) is 0.673. The van der Waals surface area contributed by atoms with E-state index in [2.05, 4.69) is 25.7 Å². The van der Waals surface area contributed by atoms with E-state index in [4.69, 9.17) is 0 Å². The summed E-state index contributed by atoms with van der Waals surface area (Å²) in [5, 5.41) is 14.3. The zero-order chi connectivity index (χ0) is 18.8. The number of amides is 2. The van der Waals surface area contributed by atoms with Gasteiger partial charge in [-0.3, -0.25) is 9.59 Å². The van der Waals surface area contributed by atoms with Gasteiger partial charge in [0.05, 0.1) is 0 Å². The molecule has 0 saturated carbocycles. The Labute approximate surface area is 165 Å². The number of rotatable bonds is 5. The highest BCUT2D eigenvalue weighted by Gasteiger charge is 2.34. The SMILES string of the molecule is CC(=O)Nc1nnc(Sc2ccc(C(=O)NC3CN4CCC3CC4)cc2)s1. The van der Waals surface area contributed by atoms with Gasteiger partial charge in [-0.2, -0.15) is 0 Å². The number of benzene rings is 1. The van der Waals surface area contributed by atoms with Crippen molar-refractivity contribution in [3.05, 3.63) is 29.8 Å². The van der Waals surface area contributed by atoms with E-state index in [9.17, 15) is 9.59 Å². The summed E-state index contributed by atoms with van der Waals surface area (Å²) in [5.74, 6) is 0.444. The van der Waals surface area contributed by atoms with Crippen molar-refractivity contribution < 1.29 is 9.59 Å². The van der Waals surface area contributed by atoms with E-state index >= 15 is 0 Å². The minimum absolute atomic E-state index is 0.00541. The molecule has 0 radical (unpaired) electrons. The lowest BCUT2D eigenvalue weighted by Gasteiger charge is -2.44. The smallest absolute Gasteiger partial charge is 0.251 e. The summed E-state index contributed by atoms with van der Waals surface area (Å²) in [7, 11) is 0. The van der Waals surface area contributed by atoms with Gasteiger partial charge in [0.2, 0.25) is 11.0 Å². The van der Waals surface area contributed by atoms with Crippen molar-refractivity contribution in [2.75, 3.05) is 25.0 Å². The maximum absolute atomic E-state index is 12.6. The molecule has 0 spiro atoms. The molecule has 2 N–H and O–H groups in total. The highest BCUT2D eigenvalue weighted by atomic mass is 32.2. The average Bonchev–Trinajstić information content (AvgIpc) is 3.09. The lowest BCUT2D eigenvalue weighted by molar-refractivity contribution is -0.114. The minimum atomic E-state index is -0.166. The number of hydrogen-bond donors (Lipinski definition) is 2. The summed E-state index contributed by atoms with van der Waals surface area (Å²) in [6.45, 7) is 4.74. The van der Waals surface area contributed by atoms with E-state index in [1.54, 1.807) is 0 Å². The number of fused-ring (bicyclic) bond motifs is 3. The number of nitrogens with one attached hydrogen (secondary N) is 2. The minimum Gasteiger partial charge on any atom is -0.348 e. The number of hydrogen-bond acceptors (Lipinski definition) is 7. The number of piperidine rings is 3. The Balaban J connectivity index is 1.35. The van der Waals surface area contributed by atoms with Gasteiger partial charge in [-0.15, -0.1) is 10.2 Å². The van der Waals surface area contributed by atoms with Crippen LogP contribution in [0.5, 0.6) is 0 Å². The Hall–Kier alpha value is -1.97. The van der Waals surface area contributed by atoms with Crippen LogP contribution in [0.3, 0.4) is 0 Å². The van der Waals surface area contributed by atoms with Crippen LogP contribution >= 0.6 is 23.1 Å². The third kappa shape index (κ3) is 4.48. The Morgan fingerprint density at radius 1 is 1.19 bits per heavy atom. The first-order valence-electron chi connectivity index (χ1n) is 8.99. The van der Waals surface area contributed by atoms with Gasteiger partial charge < -0.3 is 15.5 Å². The highest BCUT2D eigenvalue weighted by molar-refractivity contribution is 8.01. The van der Waals surface area contributed by atoms with Crippen molar-refractivity contribution in [2.24, 2.45) is 5.92 Å². The molecule has 3 aliphatic rings. The number of aromatic nitrogens is 2. The summed E-state index contributed by atoms with van der Waals surface area (Å²) in [4.78, 5) is 27.0. The molecule has 5 rings (SSSR count). The lowest BCUT2D eigenvalue weighted by Crippen LogP contribution is -2.57. The summed E-state index contributed by atoms with van der Waals surface area (Å²) in [6, 6.07) is 7.78. The van der Waals surface area contributed by atoms with Crippen LogP contribution in [0.4, 0.5) is 5.13 Å². The molecule has 3 fully saturated rings. The van der Waals surface area contributed by atoms with Crippen molar-refractivity contribution in [1.29, 1.82) is 0 Å². The maximum Gasteiger partial charge on any atom is 0.251 e. The molecule has 9 heteroatoms. The van der Waals surface area contributed by atoms with Gasteiger partial charge in [-0.25, -0.2) is 0 Å². The van der Waals surface area contributed by atoms with Crippen molar-refractivity contribution in [3.8, 4) is 0 Å². The molecule has 1 unspecified atom stereocenters. The summed E-state index contributed by atoms with van der Waals surface area (Å²) < 4.78 is 0.739. The largest absolute Gasteiger partial charge is 0.348 e. The second kappa shape index (κ2) is 7.95. The highest BCUT2D eigenvalue weighted by Crippen LogP contribution is 2.32. The van der Waals surface area contributed by atoms with Crippen LogP contribution in [-0.2, 0) is 4.79 Å². The third-order valence-electron chi connectivity index (χ3n) is 4.98. The van der Waals surface area contributed by atoms with Gasteiger partial charge in [-0.1, -0.05) is 23.1 Å². The normalized spacial score (nSPS) is 23.8. The van der Waals surface area contributed by atoms with Crippen LogP contribution in [0.1, 0.15) is 30.1 Å². The van der Waals surface area contributed by atoms with Crippen LogP contribution in [0, 0.1) is 5.92 Å². The van der Waals surface area contributed by atoms with Gasteiger partial charge in [0.1, 0.15) is 0 Å². The molecular formula is C18H21N5O2S2. The standard InChI is InChI=1S/C18H21N5O2S2/c1-11(24)19-17-21-22-18(27-17)26-14-4-2-13(3-5-14)16(25)20-15-10-23-8-6-12(15)7-9-23/h2-5,12,15H,6-10H2,1H3,(H,20,25)(H,19,21,24). The third-order valence-corrected chi connectivity index (χ3v) is 6.88. The predicted octanol–water partition coefficient (Wildman–Crippen LogP) is 2.47. The van der Waals surface area contributed by atoms with Gasteiger partial charge in [0, 0.05) is 30.0 Å². The molecule has 4 heterocycles. The summed E-state index contributed by atoms with van der Waals surface area (Å²) in [6.07, 6.45) is 2.37. The van der Waals surface area contributed by atoms with Crippen molar-refractivity contribution in [2.45, 2.75) is 35.0 Å². The Morgan fingerprint density at radius 3 is 2.56 bits per heavy atom. The Morgan fingerprint density at radius 2 is 1.93 bits per heavy atom. The fourth-order valence-corrected chi connectivity index (χ4v) is 5.38. The molecule has 3 aliphatic heterocycles. The fraction of sp³-hybridized carbons (Fsp3) is 0.444. The summed E-state index contributed by atoms with van der Waals surface area (Å²) >= 11 is 2.78. The van der Waals surface area contributed by atoms with E-state index in [1.165, 1.54) is 42.9 Å². The van der Waals surface area contributed by atoms with Crippen LogP contribution in [0.15, 0.2) is 33.5 Å². The average molecular weight is 404 g/mol. The molecule has 142 valence electrons. The van der Waals surface area contributed by atoms with E-state index in [0.29, 0.717) is 16.6 Å². The number of nitrogens with zero attached hydrogens (tertiary/aromatic N) is 3. The van der Waals surface area contributed by atoms with E-state index in [-0.39, 0.29) is 17.9 Å². The first kappa shape index (κ1) is 18.4. The van der Waals surface area contributed by atoms with Crippen LogP contribution in [-0.4, -0.2) is 52.6 Å². The maximum atomic E-state index is 12.6. The lowest BCUT2D eigenvalue weighted by atomic mass is 9.84. The molecule has 1 aromatic heterocycles. The topological polar surface area (TPSA) is 87.2 Å². The second-order valence-corrected chi connectivity index (χ2v) is 9.20. The predicted molar refractivity (Wildman–Crippen MR) is 105 cm³/mol. The molecular weight excluding hydrogens is 382 g/mol. The van der Waals surface area contributed by atoms with Crippen molar-refractivity contribution in [1.82, 2.24) is 20.4 Å². The second-order valence-electron chi connectivity index (χ2n) is 6.90. The quantitative estimate of drug-likeness (QED) is 0.746. The number of carbonyl (C=O) groups is 2. The molecule has 1 aromatic carbocycles. The number of carbonyl (C=O) groups excluding carboxylic acids is 2. The van der Waals surface area contributed by atoms with Crippen LogP contribution in [0.25, 0.3) is 0 Å². The van der Waals surface area contributed by atoms with Gasteiger partial charge in [0.25, 0.3) is 5.91 Å². The molecule has 2 bridgehead atoms. The molecule has 2 amide bonds. The van der Waals surface area contributed by atoms with E-state index < -0.39 is 0 Å². The van der Waals surface area contributed by atoms with Gasteiger partial charge in [0.15, 0.2) is 4.34 Å². The van der Waals surface area contributed by atoms with E-state index in [1.807, 2.05) is 24.3 Å². The molecule has 3 saturated heterocycles. The zero-order valence-corrected chi connectivity index (χ0v) is 16.6. The van der Waals surface area contributed by atoms with Crippen LogP contribution in [0.2, 0.25) is 0 Å². The van der Waals surface area contributed by atoms with Gasteiger partial charge in [-0.05, 0) is 56.1 Å². The van der Waals surface area contributed by atoms with Crippen molar-refractivity contribution in [3.63, 3.8) is 0 Å². The van der Waals surface area contributed by atoms with Crippen LogP contribution < -0.4 is 10.6 Å². The fourth-order valence-electron chi connectivity index (χ4n) is 3.61. The monoisotopic (exact) mass is 403 g/mol. The number of anilines is 1. The first-order chi connectivity index (χ1) is 13.1. The zero-order valence-electron chi connectivity index (χ0n) is 15.0. The molecule has 27 heavy (non-hydrogen) atoms. The molecule has 1 atom stereocenters.